The van der Waals surface area contributed by atoms with Crippen LogP contribution in [0.2, 0.25) is 5.02 Å². The van der Waals surface area contributed by atoms with Crippen LogP contribution < -0.4 is 10.6 Å². The Morgan fingerprint density at radius 2 is 1.64 bits per heavy atom. The summed E-state index contributed by atoms with van der Waals surface area (Å²) in [5.41, 5.74) is 2.03. The van der Waals surface area contributed by atoms with E-state index in [2.05, 4.69) is 10.6 Å². The Bertz CT molecular complexity index is 815. The number of esters is 1. The van der Waals surface area contributed by atoms with Gasteiger partial charge in [0.1, 0.15) is 0 Å². The summed E-state index contributed by atoms with van der Waals surface area (Å²) < 4.78 is 5.13. The molecule has 0 aliphatic carbocycles. The average molecular weight is 421 g/mol. The minimum atomic E-state index is -1.07. The summed E-state index contributed by atoms with van der Waals surface area (Å²) in [6.07, 6.45) is -1.07. The Balaban J connectivity index is 2.01. The molecular formula is C20H21ClN2O4S. The average Bonchev–Trinajstić information content (AvgIpc) is 2.70. The van der Waals surface area contributed by atoms with Crippen LogP contribution in [-0.4, -0.2) is 36.8 Å². The Labute approximate surface area is 173 Å². The quantitative estimate of drug-likeness (QED) is 0.669. The molecule has 2 N–H and O–H groups in total. The van der Waals surface area contributed by atoms with E-state index in [1.807, 2.05) is 42.5 Å². The fourth-order valence-corrected chi connectivity index (χ4v) is 3.56. The van der Waals surface area contributed by atoms with Crippen LogP contribution in [0.4, 0.5) is 4.79 Å². The molecule has 0 radical (unpaired) electrons. The van der Waals surface area contributed by atoms with Crippen LogP contribution >= 0.6 is 23.4 Å². The molecule has 28 heavy (non-hydrogen) atoms. The zero-order valence-corrected chi connectivity index (χ0v) is 17.0. The van der Waals surface area contributed by atoms with E-state index in [0.717, 1.165) is 11.1 Å². The molecule has 6 nitrogen and oxygen atoms in total. The largest absolute Gasteiger partial charge is 0.452 e. The van der Waals surface area contributed by atoms with E-state index in [4.69, 9.17) is 16.3 Å². The van der Waals surface area contributed by atoms with Crippen molar-refractivity contribution in [3.63, 3.8) is 0 Å². The molecule has 0 aliphatic heterocycles. The smallest absolute Gasteiger partial charge is 0.321 e. The molecule has 3 amide bonds. The molecule has 8 heteroatoms. The van der Waals surface area contributed by atoms with Gasteiger partial charge in [-0.15, -0.1) is 11.8 Å². The zero-order chi connectivity index (χ0) is 20.5. The third-order valence-corrected chi connectivity index (χ3v) is 5.32. The Morgan fingerprint density at radius 1 is 1.04 bits per heavy atom. The van der Waals surface area contributed by atoms with E-state index in [1.165, 1.54) is 25.7 Å². The number of imide groups is 1. The summed E-state index contributed by atoms with van der Waals surface area (Å²) in [7, 11) is 1.39. The molecule has 0 heterocycles. The SMILES string of the molecule is CNC(=O)NC(=O)[C@H](C)OC(=O)CS[C@H](c1ccccc1)c1ccc(Cl)cc1. The van der Waals surface area contributed by atoms with Gasteiger partial charge in [-0.3, -0.25) is 14.9 Å². The van der Waals surface area contributed by atoms with Crippen molar-refractivity contribution in [2.75, 3.05) is 12.8 Å². The van der Waals surface area contributed by atoms with E-state index in [0.29, 0.717) is 5.02 Å². The molecule has 2 atom stereocenters. The van der Waals surface area contributed by atoms with Gasteiger partial charge in [0.15, 0.2) is 6.10 Å². The molecule has 0 fully saturated rings. The molecule has 0 aliphatic rings. The van der Waals surface area contributed by atoms with Crippen molar-refractivity contribution in [3.05, 3.63) is 70.7 Å². The summed E-state index contributed by atoms with van der Waals surface area (Å²) in [6.45, 7) is 1.41. The highest BCUT2D eigenvalue weighted by Crippen LogP contribution is 2.36. The van der Waals surface area contributed by atoms with E-state index in [1.54, 1.807) is 12.1 Å². The van der Waals surface area contributed by atoms with Gasteiger partial charge in [-0.2, -0.15) is 0 Å². The fourth-order valence-electron chi connectivity index (χ4n) is 2.36. The molecule has 0 bridgehead atoms. The fraction of sp³-hybridized carbons (Fsp3) is 0.250. The summed E-state index contributed by atoms with van der Waals surface area (Å²) in [5, 5.41) is 4.87. The first-order chi connectivity index (χ1) is 13.4. The number of urea groups is 1. The second-order valence-corrected chi connectivity index (χ2v) is 7.38. The van der Waals surface area contributed by atoms with Gasteiger partial charge >= 0.3 is 12.0 Å². The molecule has 2 aromatic rings. The van der Waals surface area contributed by atoms with Crippen molar-refractivity contribution >= 4 is 41.3 Å². The van der Waals surface area contributed by atoms with Crippen LogP contribution in [0, 0.1) is 0 Å². The zero-order valence-electron chi connectivity index (χ0n) is 15.5. The van der Waals surface area contributed by atoms with Gasteiger partial charge in [-0.25, -0.2) is 4.79 Å². The maximum atomic E-state index is 12.2. The molecule has 0 aromatic heterocycles. The van der Waals surface area contributed by atoms with Crippen molar-refractivity contribution < 1.29 is 19.1 Å². The maximum absolute atomic E-state index is 12.2. The predicted octanol–water partition coefficient (Wildman–Crippen LogP) is 3.55. The van der Waals surface area contributed by atoms with Gasteiger partial charge in [0.25, 0.3) is 5.91 Å². The number of nitrogens with one attached hydrogen (secondary N) is 2. The summed E-state index contributed by atoms with van der Waals surface area (Å²) in [5.74, 6) is -1.19. The third-order valence-electron chi connectivity index (χ3n) is 3.78. The highest BCUT2D eigenvalue weighted by Gasteiger charge is 2.22. The Hall–Kier alpha value is -2.51. The lowest BCUT2D eigenvalue weighted by Gasteiger charge is -2.18. The summed E-state index contributed by atoms with van der Waals surface area (Å²) in [4.78, 5) is 35.2. The van der Waals surface area contributed by atoms with Gasteiger partial charge in [-0.1, -0.05) is 54.1 Å². The second kappa shape index (κ2) is 10.7. The van der Waals surface area contributed by atoms with Gasteiger partial charge in [-0.05, 0) is 30.2 Å². The Morgan fingerprint density at radius 3 is 2.25 bits per heavy atom. The van der Waals surface area contributed by atoms with Gasteiger partial charge < -0.3 is 10.1 Å². The number of rotatable bonds is 7. The molecule has 148 valence electrons. The predicted molar refractivity (Wildman–Crippen MR) is 110 cm³/mol. The molecule has 0 unspecified atom stereocenters. The van der Waals surface area contributed by atoms with Crippen molar-refractivity contribution in [2.45, 2.75) is 18.3 Å². The first-order valence-corrected chi connectivity index (χ1v) is 9.97. The van der Waals surface area contributed by atoms with Crippen molar-refractivity contribution in [1.82, 2.24) is 10.6 Å². The van der Waals surface area contributed by atoms with Gasteiger partial charge in [0.05, 0.1) is 11.0 Å². The standard InChI is InChI=1S/C20H21ClN2O4S/c1-13(19(25)23-20(26)22-2)27-17(24)12-28-18(14-6-4-3-5-7-14)15-8-10-16(21)11-9-15/h3-11,13,18H,12H2,1-2H3,(H2,22,23,25,26)/t13-,18+/m0/s1. The second-order valence-electron chi connectivity index (χ2n) is 5.85. The van der Waals surface area contributed by atoms with Crippen molar-refractivity contribution in [3.8, 4) is 0 Å². The van der Waals surface area contributed by atoms with E-state index in [-0.39, 0.29) is 11.0 Å². The lowest BCUT2D eigenvalue weighted by Crippen LogP contribution is -2.43. The Kier molecular flexibility index (Phi) is 8.35. The number of amides is 3. The highest BCUT2D eigenvalue weighted by atomic mass is 35.5. The van der Waals surface area contributed by atoms with Crippen LogP contribution in [0.15, 0.2) is 54.6 Å². The van der Waals surface area contributed by atoms with Gasteiger partial charge in [0.2, 0.25) is 0 Å². The molecular weight excluding hydrogens is 400 g/mol. The van der Waals surface area contributed by atoms with E-state index in [9.17, 15) is 14.4 Å². The summed E-state index contributed by atoms with van der Waals surface area (Å²) >= 11 is 7.36. The molecule has 2 rings (SSSR count). The van der Waals surface area contributed by atoms with Crippen molar-refractivity contribution in [2.24, 2.45) is 0 Å². The third kappa shape index (κ3) is 6.58. The molecule has 2 aromatic carbocycles. The number of ether oxygens (including phenoxy) is 1. The monoisotopic (exact) mass is 420 g/mol. The number of hydrogen-bond acceptors (Lipinski definition) is 5. The van der Waals surface area contributed by atoms with Crippen molar-refractivity contribution in [1.29, 1.82) is 0 Å². The van der Waals surface area contributed by atoms with Crippen LogP contribution in [0.5, 0.6) is 0 Å². The lowest BCUT2D eigenvalue weighted by molar-refractivity contribution is -0.151. The maximum Gasteiger partial charge on any atom is 0.321 e. The number of halogens is 1. The first-order valence-electron chi connectivity index (χ1n) is 8.54. The van der Waals surface area contributed by atoms with E-state index < -0.39 is 24.0 Å². The van der Waals surface area contributed by atoms with Crippen LogP contribution in [-0.2, 0) is 14.3 Å². The van der Waals surface area contributed by atoms with Crippen LogP contribution in [0.25, 0.3) is 0 Å². The van der Waals surface area contributed by atoms with E-state index >= 15 is 0 Å². The number of carbonyl (C=O) groups excluding carboxylic acids is 3. The molecule has 0 saturated heterocycles. The normalized spacial score (nSPS) is 12.5. The first kappa shape index (κ1) is 21.8. The van der Waals surface area contributed by atoms with Gasteiger partial charge in [0, 0.05) is 12.1 Å². The number of carbonyl (C=O) groups is 3. The highest BCUT2D eigenvalue weighted by molar-refractivity contribution is 8.00. The summed E-state index contributed by atoms with van der Waals surface area (Å²) in [6, 6.07) is 16.5. The molecule has 0 saturated carbocycles. The number of hydrogen-bond donors (Lipinski definition) is 2. The topological polar surface area (TPSA) is 84.5 Å². The lowest BCUT2D eigenvalue weighted by atomic mass is 10.0. The van der Waals surface area contributed by atoms with Crippen LogP contribution in [0.3, 0.4) is 0 Å². The molecule has 0 spiro atoms. The minimum absolute atomic E-state index is 0.0414. The van der Waals surface area contributed by atoms with Crippen LogP contribution in [0.1, 0.15) is 23.3 Å². The number of thioether (sulfide) groups is 1. The number of benzene rings is 2. The minimum Gasteiger partial charge on any atom is -0.452 e.